The molecule has 3 rings (SSSR count). The number of aromatic hydroxyl groups is 1. The Bertz CT molecular complexity index is 657. The molecule has 1 aromatic carbocycles. The highest BCUT2D eigenvalue weighted by atomic mass is 16.6. The van der Waals surface area contributed by atoms with Crippen LogP contribution in [0.25, 0.3) is 11.5 Å². The summed E-state index contributed by atoms with van der Waals surface area (Å²) in [7, 11) is 0. The van der Waals surface area contributed by atoms with Crippen LogP contribution >= 0.6 is 0 Å². The van der Waals surface area contributed by atoms with E-state index in [1.165, 1.54) is 12.1 Å². The highest BCUT2D eigenvalue weighted by molar-refractivity contribution is 5.53. The van der Waals surface area contributed by atoms with E-state index in [-0.39, 0.29) is 17.5 Å². The average Bonchev–Trinajstić information content (AvgIpc) is 3.03. The number of benzene rings is 1. The molecule has 1 aromatic heterocycles. The Morgan fingerprint density at radius 2 is 1.65 bits per heavy atom. The molecular formula is C14H16N2O7. The van der Waals surface area contributed by atoms with Crippen molar-refractivity contribution in [3.63, 3.8) is 0 Å². The maximum absolute atomic E-state index is 10.0. The minimum atomic E-state index is -1.52. The van der Waals surface area contributed by atoms with Crippen molar-refractivity contribution in [3.05, 3.63) is 30.2 Å². The molecule has 1 aliphatic rings. The summed E-state index contributed by atoms with van der Waals surface area (Å²) >= 11 is 0. The summed E-state index contributed by atoms with van der Waals surface area (Å²) in [5, 5.41) is 55.6. The molecule has 2 heterocycles. The zero-order valence-corrected chi connectivity index (χ0v) is 11.9. The predicted octanol–water partition coefficient (Wildman–Crippen LogP) is -1.04. The van der Waals surface area contributed by atoms with Crippen LogP contribution in [0.2, 0.25) is 0 Å². The third kappa shape index (κ3) is 2.92. The van der Waals surface area contributed by atoms with Crippen molar-refractivity contribution in [3.8, 4) is 17.2 Å². The average molecular weight is 324 g/mol. The van der Waals surface area contributed by atoms with Gasteiger partial charge in [0.05, 0.1) is 6.61 Å². The first-order chi connectivity index (χ1) is 11.0. The maximum atomic E-state index is 10.0. The van der Waals surface area contributed by atoms with Crippen LogP contribution in [-0.4, -0.2) is 66.8 Å². The third-order valence-electron chi connectivity index (χ3n) is 3.69. The van der Waals surface area contributed by atoms with Gasteiger partial charge in [0.15, 0.2) is 6.10 Å². The van der Waals surface area contributed by atoms with Gasteiger partial charge < -0.3 is 34.7 Å². The van der Waals surface area contributed by atoms with Gasteiger partial charge in [-0.1, -0.05) is 0 Å². The molecule has 1 fully saturated rings. The van der Waals surface area contributed by atoms with E-state index in [0.29, 0.717) is 5.56 Å². The fourth-order valence-corrected chi connectivity index (χ4v) is 2.38. The Morgan fingerprint density at radius 1 is 0.957 bits per heavy atom. The van der Waals surface area contributed by atoms with Gasteiger partial charge in [0.1, 0.15) is 30.2 Å². The van der Waals surface area contributed by atoms with E-state index < -0.39 is 37.1 Å². The molecule has 1 aliphatic heterocycles. The van der Waals surface area contributed by atoms with Crippen molar-refractivity contribution in [2.45, 2.75) is 30.5 Å². The molecule has 0 unspecified atom stereocenters. The van der Waals surface area contributed by atoms with Crippen molar-refractivity contribution in [1.29, 1.82) is 0 Å². The first kappa shape index (κ1) is 15.8. The van der Waals surface area contributed by atoms with Gasteiger partial charge in [-0.3, -0.25) is 0 Å². The molecule has 2 aromatic rings. The lowest BCUT2D eigenvalue weighted by atomic mass is 9.95. The van der Waals surface area contributed by atoms with Crippen LogP contribution in [-0.2, 0) is 4.74 Å². The first-order valence-electron chi connectivity index (χ1n) is 6.94. The van der Waals surface area contributed by atoms with E-state index in [2.05, 4.69) is 10.2 Å². The fraction of sp³-hybridized carbons (Fsp3) is 0.429. The number of phenols is 1. The zero-order chi connectivity index (χ0) is 16.6. The number of ether oxygens (including phenoxy) is 1. The quantitative estimate of drug-likeness (QED) is 0.477. The molecule has 1 saturated heterocycles. The summed E-state index contributed by atoms with van der Waals surface area (Å²) in [5.41, 5.74) is 0.547. The molecule has 0 amide bonds. The molecule has 0 radical (unpaired) electrons. The van der Waals surface area contributed by atoms with Crippen LogP contribution in [0.4, 0.5) is 0 Å². The smallest absolute Gasteiger partial charge is 0.248 e. The summed E-state index contributed by atoms with van der Waals surface area (Å²) in [4.78, 5) is 0. The Morgan fingerprint density at radius 3 is 2.30 bits per heavy atom. The summed E-state index contributed by atoms with van der Waals surface area (Å²) in [6.07, 6.45) is -6.69. The number of hydrogen-bond donors (Lipinski definition) is 5. The monoisotopic (exact) mass is 324 g/mol. The summed E-state index contributed by atoms with van der Waals surface area (Å²) in [6.45, 7) is -0.541. The van der Waals surface area contributed by atoms with Gasteiger partial charge in [-0.05, 0) is 24.3 Å². The molecule has 23 heavy (non-hydrogen) atoms. The van der Waals surface area contributed by atoms with E-state index in [4.69, 9.17) is 9.15 Å². The second-order valence-electron chi connectivity index (χ2n) is 5.24. The minimum absolute atomic E-state index is 0.0856. The molecular weight excluding hydrogens is 308 g/mol. The Hall–Kier alpha value is -2.04. The lowest BCUT2D eigenvalue weighted by Crippen LogP contribution is -2.55. The van der Waals surface area contributed by atoms with E-state index >= 15 is 0 Å². The van der Waals surface area contributed by atoms with Crippen molar-refractivity contribution < 1.29 is 34.7 Å². The normalized spacial score (nSPS) is 31.2. The van der Waals surface area contributed by atoms with Crippen LogP contribution in [0.15, 0.2) is 28.7 Å². The predicted molar refractivity (Wildman–Crippen MR) is 74.1 cm³/mol. The van der Waals surface area contributed by atoms with Crippen LogP contribution in [0.1, 0.15) is 12.0 Å². The van der Waals surface area contributed by atoms with Crippen molar-refractivity contribution in [2.24, 2.45) is 0 Å². The summed E-state index contributed by atoms with van der Waals surface area (Å²) < 4.78 is 10.8. The fourth-order valence-electron chi connectivity index (χ4n) is 2.38. The van der Waals surface area contributed by atoms with Crippen LogP contribution in [0, 0.1) is 0 Å². The Balaban J connectivity index is 1.85. The van der Waals surface area contributed by atoms with E-state index in [1.807, 2.05) is 0 Å². The second-order valence-corrected chi connectivity index (χ2v) is 5.24. The molecule has 0 saturated carbocycles. The van der Waals surface area contributed by atoms with Gasteiger partial charge in [0.25, 0.3) is 0 Å². The molecule has 5 atom stereocenters. The zero-order valence-electron chi connectivity index (χ0n) is 11.9. The summed E-state index contributed by atoms with van der Waals surface area (Å²) in [6, 6.07) is 6.04. The molecule has 9 heteroatoms. The number of hydrogen-bond acceptors (Lipinski definition) is 9. The lowest BCUT2D eigenvalue weighted by molar-refractivity contribution is -0.236. The molecule has 124 valence electrons. The number of aliphatic hydroxyl groups excluding tert-OH is 4. The molecule has 0 aliphatic carbocycles. The van der Waals surface area contributed by atoms with Gasteiger partial charge in [-0.2, -0.15) is 0 Å². The van der Waals surface area contributed by atoms with Gasteiger partial charge in [0, 0.05) is 5.56 Å². The number of phenolic OH excluding ortho intramolecular Hbond substituents is 1. The van der Waals surface area contributed by atoms with Crippen molar-refractivity contribution in [1.82, 2.24) is 10.2 Å². The number of rotatable bonds is 3. The maximum Gasteiger partial charge on any atom is 0.248 e. The third-order valence-corrected chi connectivity index (χ3v) is 3.69. The summed E-state index contributed by atoms with van der Waals surface area (Å²) in [5.74, 6) is 0.129. The second kappa shape index (κ2) is 6.22. The molecule has 0 bridgehead atoms. The van der Waals surface area contributed by atoms with Crippen molar-refractivity contribution in [2.75, 3.05) is 6.61 Å². The van der Waals surface area contributed by atoms with Crippen molar-refractivity contribution >= 4 is 0 Å². The Kier molecular flexibility index (Phi) is 4.28. The topological polar surface area (TPSA) is 149 Å². The minimum Gasteiger partial charge on any atom is -0.508 e. The lowest BCUT2D eigenvalue weighted by Gasteiger charge is -2.38. The highest BCUT2D eigenvalue weighted by Gasteiger charge is 2.46. The van der Waals surface area contributed by atoms with Crippen LogP contribution < -0.4 is 0 Å². The van der Waals surface area contributed by atoms with Gasteiger partial charge in [-0.15, -0.1) is 10.2 Å². The largest absolute Gasteiger partial charge is 0.508 e. The Labute approximate surface area is 130 Å². The van der Waals surface area contributed by atoms with Gasteiger partial charge >= 0.3 is 0 Å². The van der Waals surface area contributed by atoms with Crippen LogP contribution in [0.3, 0.4) is 0 Å². The molecule has 0 spiro atoms. The highest BCUT2D eigenvalue weighted by Crippen LogP contribution is 2.33. The van der Waals surface area contributed by atoms with E-state index in [9.17, 15) is 25.5 Å². The van der Waals surface area contributed by atoms with E-state index in [1.54, 1.807) is 12.1 Å². The van der Waals surface area contributed by atoms with Gasteiger partial charge in [-0.25, -0.2) is 0 Å². The standard InChI is InChI=1S/C14H16N2O7/c17-5-8-9(19)10(20)11(21)12(22-8)14-16-15-13(23-14)6-1-3-7(18)4-2-6/h1-4,8-12,17-21H,5H2/t8-,9-,10+,11-,12-/m1/s1. The number of nitrogens with zero attached hydrogens (tertiary/aromatic N) is 2. The molecule has 5 N–H and O–H groups in total. The SMILES string of the molecule is OC[C@H]1O[C@@H](c2nnc(-c3ccc(O)cc3)o2)[C@H](O)[C@@H](O)[C@@H]1O. The van der Waals surface area contributed by atoms with Crippen LogP contribution in [0.5, 0.6) is 5.75 Å². The first-order valence-corrected chi connectivity index (χ1v) is 6.94. The van der Waals surface area contributed by atoms with Gasteiger partial charge in [0.2, 0.25) is 11.8 Å². The number of aliphatic hydroxyl groups is 4. The number of aromatic nitrogens is 2. The van der Waals surface area contributed by atoms with E-state index in [0.717, 1.165) is 0 Å². The molecule has 9 nitrogen and oxygen atoms in total.